The highest BCUT2D eigenvalue weighted by Gasteiger charge is 2.33. The monoisotopic (exact) mass is 379 g/mol. The summed E-state index contributed by atoms with van der Waals surface area (Å²) < 4.78 is 23.1. The molecule has 0 aliphatic carbocycles. The second kappa shape index (κ2) is 7.01. The maximum absolute atomic E-state index is 12.5. The van der Waals surface area contributed by atoms with Gasteiger partial charge in [0, 0.05) is 23.8 Å². The van der Waals surface area contributed by atoms with Gasteiger partial charge in [-0.2, -0.15) is 0 Å². The van der Waals surface area contributed by atoms with E-state index in [2.05, 4.69) is 10.3 Å². The van der Waals surface area contributed by atoms with Crippen LogP contribution in [0.15, 0.2) is 42.6 Å². The van der Waals surface area contributed by atoms with Gasteiger partial charge in [-0.05, 0) is 42.8 Å². The number of halogens is 1. The van der Waals surface area contributed by atoms with Crippen LogP contribution in [0.2, 0.25) is 5.02 Å². The van der Waals surface area contributed by atoms with Crippen LogP contribution < -0.4 is 5.32 Å². The van der Waals surface area contributed by atoms with Crippen molar-refractivity contribution in [3.05, 3.63) is 53.3 Å². The quantitative estimate of drug-likeness (QED) is 0.883. The lowest BCUT2D eigenvalue weighted by Crippen LogP contribution is -2.38. The molecule has 1 amide bonds. The Bertz CT molecular complexity index is 867. The summed E-state index contributed by atoms with van der Waals surface area (Å²) in [5, 5.41) is 3.82. The van der Waals surface area contributed by atoms with Gasteiger partial charge in [0.2, 0.25) is 0 Å². The van der Waals surface area contributed by atoms with Crippen LogP contribution in [-0.2, 0) is 9.84 Å². The van der Waals surface area contributed by atoms with Crippen LogP contribution in [0.4, 0.5) is 11.4 Å². The average molecular weight is 380 g/mol. The topological polar surface area (TPSA) is 79.4 Å². The zero-order valence-electron chi connectivity index (χ0n) is 13.6. The van der Waals surface area contributed by atoms with Gasteiger partial charge in [-0.25, -0.2) is 13.4 Å². The fourth-order valence-electron chi connectivity index (χ4n) is 2.72. The standard InChI is InChI=1S/C17H18ClN3O3S/c1-21(15-8-9-25(23,24)11-15)17(22)16-7-6-14(10-19-16)20-13-4-2-12(18)3-5-13/h2-7,10,15,20H,8-9,11H2,1H3. The zero-order chi connectivity index (χ0) is 18.0. The molecule has 25 heavy (non-hydrogen) atoms. The van der Waals surface area contributed by atoms with Gasteiger partial charge in [0.05, 0.1) is 23.4 Å². The molecule has 1 saturated heterocycles. The molecule has 1 fully saturated rings. The number of nitrogens with one attached hydrogen (secondary N) is 1. The summed E-state index contributed by atoms with van der Waals surface area (Å²) in [6, 6.07) is 10.3. The lowest BCUT2D eigenvalue weighted by molar-refractivity contribution is 0.0742. The minimum absolute atomic E-state index is 0.0193. The highest BCUT2D eigenvalue weighted by molar-refractivity contribution is 7.91. The minimum atomic E-state index is -3.03. The summed E-state index contributed by atoms with van der Waals surface area (Å²) in [7, 11) is -1.41. The molecule has 1 aromatic heterocycles. The van der Waals surface area contributed by atoms with Crippen molar-refractivity contribution >= 4 is 38.7 Å². The number of sulfone groups is 1. The lowest BCUT2D eigenvalue weighted by Gasteiger charge is -2.23. The highest BCUT2D eigenvalue weighted by Crippen LogP contribution is 2.20. The average Bonchev–Trinajstić information content (AvgIpc) is 2.96. The number of aromatic nitrogens is 1. The number of hydrogen-bond acceptors (Lipinski definition) is 5. The first-order valence-electron chi connectivity index (χ1n) is 7.80. The van der Waals surface area contributed by atoms with E-state index >= 15 is 0 Å². The molecule has 132 valence electrons. The highest BCUT2D eigenvalue weighted by atomic mass is 35.5. The number of rotatable bonds is 4. The van der Waals surface area contributed by atoms with E-state index in [9.17, 15) is 13.2 Å². The largest absolute Gasteiger partial charge is 0.354 e. The second-order valence-corrected chi connectivity index (χ2v) is 8.70. The van der Waals surface area contributed by atoms with E-state index in [1.165, 1.54) is 4.90 Å². The van der Waals surface area contributed by atoms with Crippen molar-refractivity contribution in [1.82, 2.24) is 9.88 Å². The Hall–Kier alpha value is -2.12. The van der Waals surface area contributed by atoms with E-state index in [1.807, 2.05) is 12.1 Å². The summed E-state index contributed by atoms with van der Waals surface area (Å²) in [5.74, 6) is -0.127. The molecule has 0 spiro atoms. The molecule has 1 aromatic carbocycles. The number of nitrogens with zero attached hydrogens (tertiary/aromatic N) is 2. The Morgan fingerprint density at radius 3 is 2.44 bits per heavy atom. The molecule has 1 aliphatic heterocycles. The van der Waals surface area contributed by atoms with Crippen LogP contribution in [-0.4, -0.2) is 48.8 Å². The van der Waals surface area contributed by atoms with Crippen molar-refractivity contribution in [3.8, 4) is 0 Å². The van der Waals surface area contributed by atoms with Crippen LogP contribution in [0.25, 0.3) is 0 Å². The van der Waals surface area contributed by atoms with Crippen molar-refractivity contribution in [2.24, 2.45) is 0 Å². The van der Waals surface area contributed by atoms with Gasteiger partial charge < -0.3 is 10.2 Å². The molecular formula is C17H18ClN3O3S. The molecule has 3 rings (SSSR count). The third-order valence-corrected chi connectivity index (χ3v) is 6.19. The molecule has 1 N–H and O–H groups in total. The summed E-state index contributed by atoms with van der Waals surface area (Å²) >= 11 is 5.85. The molecule has 0 radical (unpaired) electrons. The number of benzene rings is 1. The molecule has 0 bridgehead atoms. The van der Waals surface area contributed by atoms with Gasteiger partial charge in [-0.3, -0.25) is 4.79 Å². The molecule has 1 atom stereocenters. The first-order valence-corrected chi connectivity index (χ1v) is 10.0. The van der Waals surface area contributed by atoms with Crippen LogP contribution in [0.1, 0.15) is 16.9 Å². The number of carbonyl (C=O) groups is 1. The summed E-state index contributed by atoms with van der Waals surface area (Å²) in [5.41, 5.74) is 1.89. The minimum Gasteiger partial charge on any atom is -0.354 e. The smallest absolute Gasteiger partial charge is 0.272 e. The summed E-state index contributed by atoms with van der Waals surface area (Å²) in [4.78, 5) is 18.1. The number of hydrogen-bond donors (Lipinski definition) is 1. The molecule has 2 heterocycles. The van der Waals surface area contributed by atoms with Gasteiger partial charge in [-0.15, -0.1) is 0 Å². The molecule has 1 unspecified atom stereocenters. The first kappa shape index (κ1) is 17.7. The third-order valence-electron chi connectivity index (χ3n) is 4.19. The molecule has 1 aliphatic rings. The molecule has 8 heteroatoms. The summed E-state index contributed by atoms with van der Waals surface area (Å²) in [6.07, 6.45) is 2.04. The summed E-state index contributed by atoms with van der Waals surface area (Å²) in [6.45, 7) is 0. The van der Waals surface area contributed by atoms with E-state index < -0.39 is 9.84 Å². The normalized spacial score (nSPS) is 18.7. The van der Waals surface area contributed by atoms with Crippen LogP contribution in [0, 0.1) is 0 Å². The van der Waals surface area contributed by atoms with Gasteiger partial charge >= 0.3 is 0 Å². The van der Waals surface area contributed by atoms with Gasteiger partial charge in [-0.1, -0.05) is 11.6 Å². The Balaban J connectivity index is 1.67. The Morgan fingerprint density at radius 1 is 1.20 bits per heavy atom. The first-order chi connectivity index (χ1) is 11.8. The van der Waals surface area contributed by atoms with E-state index in [0.29, 0.717) is 11.4 Å². The van der Waals surface area contributed by atoms with Crippen molar-refractivity contribution < 1.29 is 13.2 Å². The predicted molar refractivity (Wildman–Crippen MR) is 98.1 cm³/mol. The van der Waals surface area contributed by atoms with Gasteiger partial charge in [0.1, 0.15) is 5.69 Å². The van der Waals surface area contributed by atoms with Crippen molar-refractivity contribution in [2.45, 2.75) is 12.5 Å². The number of pyridine rings is 1. The van der Waals surface area contributed by atoms with Gasteiger partial charge in [0.15, 0.2) is 9.84 Å². The van der Waals surface area contributed by atoms with Crippen LogP contribution in [0.5, 0.6) is 0 Å². The fraction of sp³-hybridized carbons (Fsp3) is 0.294. The molecular weight excluding hydrogens is 362 g/mol. The molecule has 2 aromatic rings. The zero-order valence-corrected chi connectivity index (χ0v) is 15.2. The van der Waals surface area contributed by atoms with Gasteiger partial charge in [0.25, 0.3) is 5.91 Å². The van der Waals surface area contributed by atoms with Crippen molar-refractivity contribution in [3.63, 3.8) is 0 Å². The fourth-order valence-corrected chi connectivity index (χ4v) is 4.62. The molecule has 0 saturated carbocycles. The number of carbonyl (C=O) groups excluding carboxylic acids is 1. The van der Waals surface area contributed by atoms with Crippen LogP contribution >= 0.6 is 11.6 Å². The Morgan fingerprint density at radius 2 is 1.88 bits per heavy atom. The Kier molecular flexibility index (Phi) is 4.96. The Labute approximate surface area is 151 Å². The number of amides is 1. The van der Waals surface area contributed by atoms with Crippen molar-refractivity contribution in [2.75, 3.05) is 23.9 Å². The lowest BCUT2D eigenvalue weighted by atomic mass is 10.2. The van der Waals surface area contributed by atoms with E-state index in [-0.39, 0.29) is 29.1 Å². The maximum Gasteiger partial charge on any atom is 0.272 e. The van der Waals surface area contributed by atoms with E-state index in [1.54, 1.807) is 37.5 Å². The second-order valence-electron chi connectivity index (χ2n) is 6.04. The SMILES string of the molecule is CN(C(=O)c1ccc(Nc2ccc(Cl)cc2)cn1)C1CCS(=O)(=O)C1. The van der Waals surface area contributed by atoms with E-state index in [0.717, 1.165) is 11.4 Å². The van der Waals surface area contributed by atoms with Crippen molar-refractivity contribution in [1.29, 1.82) is 0 Å². The third kappa shape index (κ3) is 4.29. The van der Waals surface area contributed by atoms with Crippen LogP contribution in [0.3, 0.4) is 0 Å². The van der Waals surface area contributed by atoms with E-state index in [4.69, 9.17) is 11.6 Å². The predicted octanol–water partition coefficient (Wildman–Crippen LogP) is 2.74. The maximum atomic E-state index is 12.5. The number of anilines is 2. The molecule has 6 nitrogen and oxygen atoms in total.